The topological polar surface area (TPSA) is 58.2 Å². The van der Waals surface area contributed by atoms with E-state index in [0.29, 0.717) is 26.4 Å². The molecule has 0 aliphatic carbocycles. The zero-order valence-electron chi connectivity index (χ0n) is 15.5. The fraction of sp³-hybridized carbons (Fsp3) is 0.0455. The third kappa shape index (κ3) is 4.69. The van der Waals surface area contributed by atoms with E-state index in [9.17, 15) is 9.18 Å². The summed E-state index contributed by atoms with van der Waals surface area (Å²) in [6.07, 6.45) is 4.62. The van der Waals surface area contributed by atoms with Gasteiger partial charge in [-0.05, 0) is 53.7 Å². The Morgan fingerprint density at radius 2 is 1.90 bits per heavy atom. The molecule has 0 radical (unpaired) electrons. The number of benzene rings is 2. The monoisotopic (exact) mass is 439 g/mol. The number of amidine groups is 1. The number of furan rings is 1. The number of amides is 1. The van der Waals surface area contributed by atoms with Crippen molar-refractivity contribution in [1.29, 1.82) is 0 Å². The summed E-state index contributed by atoms with van der Waals surface area (Å²) in [4.78, 5) is 14.8. The molecule has 0 unspecified atom stereocenters. The average Bonchev–Trinajstić information content (AvgIpc) is 3.35. The highest BCUT2D eigenvalue weighted by molar-refractivity contribution is 8.18. The Morgan fingerprint density at radius 3 is 2.63 bits per heavy atom. The Morgan fingerprint density at radius 1 is 1.10 bits per heavy atom. The Kier molecular flexibility index (Phi) is 6.11. The lowest BCUT2D eigenvalue weighted by Gasteiger charge is -2.12. The van der Waals surface area contributed by atoms with Gasteiger partial charge in [-0.3, -0.25) is 9.69 Å². The van der Waals surface area contributed by atoms with Crippen LogP contribution < -0.4 is 0 Å². The van der Waals surface area contributed by atoms with Crippen LogP contribution in [-0.2, 0) is 11.3 Å². The summed E-state index contributed by atoms with van der Waals surface area (Å²) in [6, 6.07) is 16.9. The lowest BCUT2D eigenvalue weighted by molar-refractivity contribution is -0.122. The first kappa shape index (κ1) is 20.1. The van der Waals surface area contributed by atoms with Gasteiger partial charge in [0.1, 0.15) is 11.6 Å². The third-order valence-electron chi connectivity index (χ3n) is 4.19. The van der Waals surface area contributed by atoms with Crippen LogP contribution in [0, 0.1) is 5.82 Å². The first-order chi connectivity index (χ1) is 14.6. The Balaban J connectivity index is 1.63. The van der Waals surface area contributed by atoms with Crippen LogP contribution in [0.3, 0.4) is 0 Å². The summed E-state index contributed by atoms with van der Waals surface area (Å²) >= 11 is 7.02. The van der Waals surface area contributed by atoms with E-state index in [1.165, 1.54) is 23.3 Å². The molecule has 0 N–H and O–H groups in total. The van der Waals surface area contributed by atoms with Crippen LogP contribution in [0.15, 0.2) is 86.5 Å². The number of carbonyl (C=O) groups excluding carboxylic acids is 1. The molecule has 2 heterocycles. The molecule has 0 spiro atoms. The minimum Gasteiger partial charge on any atom is -0.467 e. The number of thioether (sulfide) groups is 1. The number of carbonyl (C=O) groups is 1. The van der Waals surface area contributed by atoms with Crippen LogP contribution >= 0.6 is 23.4 Å². The van der Waals surface area contributed by atoms with Crippen LogP contribution in [0.2, 0.25) is 5.02 Å². The van der Waals surface area contributed by atoms with Crippen molar-refractivity contribution in [3.05, 3.63) is 99.6 Å². The highest BCUT2D eigenvalue weighted by Crippen LogP contribution is 2.34. The van der Waals surface area contributed by atoms with E-state index in [-0.39, 0.29) is 12.5 Å². The summed E-state index contributed by atoms with van der Waals surface area (Å²) in [6.45, 7) is 0.197. The molecule has 1 aliphatic rings. The molecule has 5 nitrogen and oxygen atoms in total. The van der Waals surface area contributed by atoms with Gasteiger partial charge in [0.05, 0.1) is 23.9 Å². The maximum atomic E-state index is 14.0. The number of nitrogens with zero attached hydrogens (tertiary/aromatic N) is 3. The minimum atomic E-state index is -0.401. The van der Waals surface area contributed by atoms with E-state index in [0.717, 1.165) is 17.3 Å². The van der Waals surface area contributed by atoms with Crippen molar-refractivity contribution >= 4 is 46.7 Å². The van der Waals surface area contributed by atoms with Crippen molar-refractivity contribution in [2.75, 3.05) is 0 Å². The van der Waals surface area contributed by atoms with Gasteiger partial charge in [-0.1, -0.05) is 41.9 Å². The standard InChI is InChI=1S/C22H15ClFN3O2S/c23-17-9-7-15(8-10-17)13-25-26-22-27(14-18-5-3-11-29-18)21(28)20(30-22)12-16-4-1-2-6-19(16)24/h1-13H,14H2/b20-12-,25-13+,26-22-. The molecule has 2 aromatic carbocycles. The molecule has 1 amide bonds. The van der Waals surface area contributed by atoms with E-state index in [2.05, 4.69) is 10.2 Å². The summed E-state index contributed by atoms with van der Waals surface area (Å²) in [5, 5.41) is 9.32. The van der Waals surface area contributed by atoms with E-state index in [1.807, 2.05) is 12.1 Å². The molecule has 3 aromatic rings. The SMILES string of the molecule is O=C1/C(=C/c2ccccc2F)S/C(=N\N=C\c2ccc(Cl)cc2)N1Cc1ccco1. The molecular formula is C22H15ClFN3O2S. The van der Waals surface area contributed by atoms with Crippen molar-refractivity contribution in [1.82, 2.24) is 4.90 Å². The fourth-order valence-corrected chi connectivity index (χ4v) is 3.76. The van der Waals surface area contributed by atoms with Crippen LogP contribution in [-0.4, -0.2) is 22.2 Å². The quantitative estimate of drug-likeness (QED) is 0.296. The van der Waals surface area contributed by atoms with Gasteiger partial charge >= 0.3 is 0 Å². The number of rotatable bonds is 5. The van der Waals surface area contributed by atoms with Gasteiger partial charge in [0.15, 0.2) is 5.17 Å². The second kappa shape index (κ2) is 9.11. The van der Waals surface area contributed by atoms with E-state index < -0.39 is 5.82 Å². The van der Waals surface area contributed by atoms with Crippen LogP contribution in [0.4, 0.5) is 4.39 Å². The lowest BCUT2D eigenvalue weighted by Crippen LogP contribution is -2.28. The molecule has 1 fully saturated rings. The van der Waals surface area contributed by atoms with Gasteiger partial charge < -0.3 is 4.42 Å². The molecular weight excluding hydrogens is 425 g/mol. The summed E-state index contributed by atoms with van der Waals surface area (Å²) in [5.74, 6) is -0.0901. The van der Waals surface area contributed by atoms with Gasteiger partial charge in [-0.25, -0.2) is 4.39 Å². The molecule has 1 aromatic heterocycles. The molecule has 150 valence electrons. The molecule has 30 heavy (non-hydrogen) atoms. The second-order valence-electron chi connectivity index (χ2n) is 6.28. The van der Waals surface area contributed by atoms with Gasteiger partial charge in [-0.15, -0.1) is 5.10 Å². The van der Waals surface area contributed by atoms with Gasteiger partial charge in [-0.2, -0.15) is 5.10 Å². The predicted octanol–water partition coefficient (Wildman–Crippen LogP) is 5.58. The Bertz CT molecular complexity index is 1140. The smallest absolute Gasteiger partial charge is 0.267 e. The van der Waals surface area contributed by atoms with Gasteiger partial charge in [0.2, 0.25) is 0 Å². The molecule has 0 atom stereocenters. The summed E-state index contributed by atoms with van der Waals surface area (Å²) in [5.41, 5.74) is 1.15. The van der Waals surface area contributed by atoms with E-state index >= 15 is 0 Å². The molecule has 1 aliphatic heterocycles. The molecule has 4 rings (SSSR count). The molecule has 0 saturated carbocycles. The molecule has 1 saturated heterocycles. The molecule has 8 heteroatoms. The Labute approximate surface area is 181 Å². The number of hydrogen-bond acceptors (Lipinski definition) is 5. The number of hydrogen-bond donors (Lipinski definition) is 0. The zero-order valence-corrected chi connectivity index (χ0v) is 17.1. The lowest BCUT2D eigenvalue weighted by atomic mass is 10.2. The normalized spacial score (nSPS) is 17.0. The zero-order chi connectivity index (χ0) is 20.9. The van der Waals surface area contributed by atoms with E-state index in [1.54, 1.807) is 48.7 Å². The highest BCUT2D eigenvalue weighted by Gasteiger charge is 2.34. The summed E-state index contributed by atoms with van der Waals surface area (Å²) < 4.78 is 19.4. The van der Waals surface area contributed by atoms with Crippen molar-refractivity contribution in [3.8, 4) is 0 Å². The highest BCUT2D eigenvalue weighted by atomic mass is 35.5. The van der Waals surface area contributed by atoms with Crippen molar-refractivity contribution in [2.45, 2.75) is 6.54 Å². The van der Waals surface area contributed by atoms with Crippen molar-refractivity contribution in [2.24, 2.45) is 10.2 Å². The fourth-order valence-electron chi connectivity index (χ4n) is 2.71. The molecule has 0 bridgehead atoms. The van der Waals surface area contributed by atoms with Crippen LogP contribution in [0.25, 0.3) is 6.08 Å². The predicted molar refractivity (Wildman–Crippen MR) is 118 cm³/mol. The maximum absolute atomic E-state index is 14.0. The maximum Gasteiger partial charge on any atom is 0.267 e. The average molecular weight is 440 g/mol. The first-order valence-electron chi connectivity index (χ1n) is 8.95. The first-order valence-corrected chi connectivity index (χ1v) is 10.1. The van der Waals surface area contributed by atoms with Crippen LogP contribution in [0.1, 0.15) is 16.9 Å². The largest absolute Gasteiger partial charge is 0.467 e. The third-order valence-corrected chi connectivity index (χ3v) is 5.44. The van der Waals surface area contributed by atoms with Crippen molar-refractivity contribution < 1.29 is 13.6 Å². The summed E-state index contributed by atoms with van der Waals surface area (Å²) in [7, 11) is 0. The van der Waals surface area contributed by atoms with Crippen LogP contribution in [0.5, 0.6) is 0 Å². The van der Waals surface area contributed by atoms with Crippen molar-refractivity contribution in [3.63, 3.8) is 0 Å². The van der Waals surface area contributed by atoms with Gasteiger partial charge in [0.25, 0.3) is 5.91 Å². The Hall–Kier alpha value is -3.16. The van der Waals surface area contributed by atoms with E-state index in [4.69, 9.17) is 16.0 Å². The van der Waals surface area contributed by atoms with Gasteiger partial charge in [0, 0.05) is 10.6 Å². The number of halogens is 2. The second-order valence-corrected chi connectivity index (χ2v) is 7.73. The minimum absolute atomic E-state index is 0.197.